The van der Waals surface area contributed by atoms with Crippen LogP contribution in [0.1, 0.15) is 19.8 Å². The van der Waals surface area contributed by atoms with E-state index in [9.17, 15) is 4.79 Å². The van der Waals surface area contributed by atoms with E-state index in [1.165, 1.54) is 0 Å². The summed E-state index contributed by atoms with van der Waals surface area (Å²) in [7, 11) is 0. The summed E-state index contributed by atoms with van der Waals surface area (Å²) in [6.07, 6.45) is 3.35. The van der Waals surface area contributed by atoms with E-state index in [2.05, 4.69) is 5.32 Å². The molecule has 1 unspecified atom stereocenters. The Morgan fingerprint density at radius 3 is 2.94 bits per heavy atom. The van der Waals surface area contributed by atoms with E-state index in [1.807, 2.05) is 6.07 Å². The molecule has 0 radical (unpaired) electrons. The first-order chi connectivity index (χ1) is 7.70. The van der Waals surface area contributed by atoms with E-state index in [1.54, 1.807) is 29.8 Å². The van der Waals surface area contributed by atoms with E-state index in [-0.39, 0.29) is 11.7 Å². The SMILES string of the molecule is CC(O)CCCNCCn1ccccc1=O. The second-order valence-corrected chi connectivity index (χ2v) is 3.97. The van der Waals surface area contributed by atoms with Gasteiger partial charge >= 0.3 is 0 Å². The Labute approximate surface area is 95.9 Å². The lowest BCUT2D eigenvalue weighted by molar-refractivity contribution is 0.181. The van der Waals surface area contributed by atoms with E-state index in [0.717, 1.165) is 25.9 Å². The van der Waals surface area contributed by atoms with Crippen LogP contribution in [0.3, 0.4) is 0 Å². The first-order valence-corrected chi connectivity index (χ1v) is 5.74. The quantitative estimate of drug-likeness (QED) is 0.667. The number of nitrogens with one attached hydrogen (secondary N) is 1. The third-order valence-corrected chi connectivity index (χ3v) is 2.40. The third-order valence-electron chi connectivity index (χ3n) is 2.40. The molecule has 0 aliphatic rings. The van der Waals surface area contributed by atoms with Crippen molar-refractivity contribution >= 4 is 0 Å². The van der Waals surface area contributed by atoms with Crippen molar-refractivity contribution in [2.45, 2.75) is 32.4 Å². The summed E-state index contributed by atoms with van der Waals surface area (Å²) < 4.78 is 1.68. The summed E-state index contributed by atoms with van der Waals surface area (Å²) in [6, 6.07) is 5.16. The molecule has 1 heterocycles. The van der Waals surface area contributed by atoms with Gasteiger partial charge in [0.2, 0.25) is 0 Å². The largest absolute Gasteiger partial charge is 0.393 e. The first kappa shape index (κ1) is 12.9. The van der Waals surface area contributed by atoms with Crippen molar-refractivity contribution in [3.8, 4) is 0 Å². The average molecular weight is 224 g/mol. The van der Waals surface area contributed by atoms with Gasteiger partial charge in [0.15, 0.2) is 0 Å². The van der Waals surface area contributed by atoms with E-state index in [0.29, 0.717) is 6.54 Å². The molecule has 4 nitrogen and oxygen atoms in total. The maximum absolute atomic E-state index is 11.3. The molecule has 4 heteroatoms. The van der Waals surface area contributed by atoms with Crippen LogP contribution in [-0.4, -0.2) is 28.9 Å². The number of hydrogen-bond acceptors (Lipinski definition) is 3. The Morgan fingerprint density at radius 2 is 2.25 bits per heavy atom. The van der Waals surface area contributed by atoms with Gasteiger partial charge in [-0.3, -0.25) is 4.79 Å². The van der Waals surface area contributed by atoms with Gasteiger partial charge in [0.05, 0.1) is 6.10 Å². The van der Waals surface area contributed by atoms with Crippen LogP contribution in [0.25, 0.3) is 0 Å². The smallest absolute Gasteiger partial charge is 0.250 e. The van der Waals surface area contributed by atoms with E-state index >= 15 is 0 Å². The van der Waals surface area contributed by atoms with Gasteiger partial charge in [-0.05, 0) is 32.4 Å². The van der Waals surface area contributed by atoms with Crippen molar-refractivity contribution in [3.05, 3.63) is 34.7 Å². The summed E-state index contributed by atoms with van der Waals surface area (Å²) in [6.45, 7) is 4.15. The molecule has 0 amide bonds. The summed E-state index contributed by atoms with van der Waals surface area (Å²) >= 11 is 0. The summed E-state index contributed by atoms with van der Waals surface area (Å²) in [5.74, 6) is 0. The molecule has 0 spiro atoms. The lowest BCUT2D eigenvalue weighted by Crippen LogP contribution is -2.26. The van der Waals surface area contributed by atoms with Crippen molar-refractivity contribution in [2.24, 2.45) is 0 Å². The predicted octanol–water partition coefficient (Wildman–Crippen LogP) is 0.599. The summed E-state index contributed by atoms with van der Waals surface area (Å²) in [5, 5.41) is 12.3. The van der Waals surface area contributed by atoms with Crippen LogP contribution in [-0.2, 0) is 6.54 Å². The summed E-state index contributed by atoms with van der Waals surface area (Å²) in [4.78, 5) is 11.3. The minimum Gasteiger partial charge on any atom is -0.393 e. The number of pyridine rings is 1. The number of nitrogens with zero attached hydrogens (tertiary/aromatic N) is 1. The summed E-state index contributed by atoms with van der Waals surface area (Å²) in [5.41, 5.74) is 0.0354. The minimum atomic E-state index is -0.224. The highest BCUT2D eigenvalue weighted by Crippen LogP contribution is 1.93. The van der Waals surface area contributed by atoms with Crippen molar-refractivity contribution in [3.63, 3.8) is 0 Å². The molecule has 90 valence electrons. The highest BCUT2D eigenvalue weighted by Gasteiger charge is 1.96. The van der Waals surface area contributed by atoms with Crippen LogP contribution in [0, 0.1) is 0 Å². The molecular formula is C12H20N2O2. The van der Waals surface area contributed by atoms with Crippen molar-refractivity contribution < 1.29 is 5.11 Å². The van der Waals surface area contributed by atoms with Gasteiger partial charge in [-0.15, -0.1) is 0 Å². The number of aliphatic hydroxyl groups excluding tert-OH is 1. The standard InChI is InChI=1S/C12H20N2O2/c1-11(15)5-4-7-13-8-10-14-9-3-2-6-12(14)16/h2-3,6,9,11,13,15H,4-5,7-8,10H2,1H3. The van der Waals surface area contributed by atoms with E-state index < -0.39 is 0 Å². The molecule has 0 saturated carbocycles. The van der Waals surface area contributed by atoms with Gasteiger partial charge in [0.25, 0.3) is 5.56 Å². The zero-order valence-corrected chi connectivity index (χ0v) is 9.72. The second kappa shape index (κ2) is 7.19. The second-order valence-electron chi connectivity index (χ2n) is 3.97. The van der Waals surface area contributed by atoms with Crippen LogP contribution in [0.4, 0.5) is 0 Å². The Kier molecular flexibility index (Phi) is 5.82. The topological polar surface area (TPSA) is 54.3 Å². The van der Waals surface area contributed by atoms with Crippen LogP contribution in [0.15, 0.2) is 29.2 Å². The Bertz CT molecular complexity index is 347. The average Bonchev–Trinajstić information content (AvgIpc) is 2.25. The highest BCUT2D eigenvalue weighted by atomic mass is 16.3. The van der Waals surface area contributed by atoms with Crippen LogP contribution in [0.2, 0.25) is 0 Å². The molecule has 0 saturated heterocycles. The molecule has 0 aliphatic heterocycles. The van der Waals surface area contributed by atoms with Crippen molar-refractivity contribution in [1.29, 1.82) is 0 Å². The number of aliphatic hydroxyl groups is 1. The Hall–Kier alpha value is -1.13. The zero-order chi connectivity index (χ0) is 11.8. The maximum atomic E-state index is 11.3. The van der Waals surface area contributed by atoms with Crippen LogP contribution < -0.4 is 10.9 Å². The van der Waals surface area contributed by atoms with Gasteiger partial charge in [0, 0.05) is 25.4 Å². The molecule has 0 bridgehead atoms. The zero-order valence-electron chi connectivity index (χ0n) is 9.72. The molecule has 16 heavy (non-hydrogen) atoms. The third kappa shape index (κ3) is 5.09. The van der Waals surface area contributed by atoms with E-state index in [4.69, 9.17) is 5.11 Å². The van der Waals surface area contributed by atoms with Gasteiger partial charge in [0.1, 0.15) is 0 Å². The molecule has 1 aromatic rings. The van der Waals surface area contributed by atoms with Gasteiger partial charge in [-0.2, -0.15) is 0 Å². The minimum absolute atomic E-state index is 0.0354. The first-order valence-electron chi connectivity index (χ1n) is 5.74. The monoisotopic (exact) mass is 224 g/mol. The number of hydrogen-bond donors (Lipinski definition) is 2. The number of rotatable bonds is 7. The fraction of sp³-hybridized carbons (Fsp3) is 0.583. The molecular weight excluding hydrogens is 204 g/mol. The normalized spacial score (nSPS) is 12.6. The molecule has 2 N–H and O–H groups in total. The Morgan fingerprint density at radius 1 is 1.44 bits per heavy atom. The fourth-order valence-corrected chi connectivity index (χ4v) is 1.49. The van der Waals surface area contributed by atoms with Gasteiger partial charge in [-0.25, -0.2) is 0 Å². The van der Waals surface area contributed by atoms with Gasteiger partial charge < -0.3 is 15.0 Å². The molecule has 0 aromatic carbocycles. The fourth-order valence-electron chi connectivity index (χ4n) is 1.49. The van der Waals surface area contributed by atoms with Crippen molar-refractivity contribution in [2.75, 3.05) is 13.1 Å². The molecule has 1 aromatic heterocycles. The van der Waals surface area contributed by atoms with Gasteiger partial charge in [-0.1, -0.05) is 6.07 Å². The van der Waals surface area contributed by atoms with Crippen molar-refractivity contribution in [1.82, 2.24) is 9.88 Å². The highest BCUT2D eigenvalue weighted by molar-refractivity contribution is 4.93. The molecule has 1 atom stereocenters. The molecule has 1 rings (SSSR count). The lowest BCUT2D eigenvalue weighted by Gasteiger charge is -2.07. The van der Waals surface area contributed by atoms with Crippen LogP contribution in [0.5, 0.6) is 0 Å². The van der Waals surface area contributed by atoms with Crippen LogP contribution >= 0.6 is 0 Å². The predicted molar refractivity (Wildman–Crippen MR) is 64.5 cm³/mol. The molecule has 0 aliphatic carbocycles. The number of aromatic nitrogens is 1. The maximum Gasteiger partial charge on any atom is 0.250 e. The lowest BCUT2D eigenvalue weighted by atomic mass is 10.2. The molecule has 0 fully saturated rings. The Balaban J connectivity index is 2.12.